The van der Waals surface area contributed by atoms with Crippen LogP contribution in [0.3, 0.4) is 0 Å². The summed E-state index contributed by atoms with van der Waals surface area (Å²) in [5, 5.41) is 7.70. The molecule has 0 amide bonds. The average Bonchev–Trinajstić information content (AvgIpc) is 2.86. The molecule has 0 saturated carbocycles. The lowest BCUT2D eigenvalue weighted by Crippen LogP contribution is -2.36. The maximum absolute atomic E-state index is 4.25. The van der Waals surface area contributed by atoms with E-state index in [-0.39, 0.29) is 12.4 Å². The molecule has 0 aliphatic carbocycles. The van der Waals surface area contributed by atoms with Gasteiger partial charge in [-0.05, 0) is 32.4 Å². The predicted octanol–water partition coefficient (Wildman–Crippen LogP) is 1.83. The molecule has 4 nitrogen and oxygen atoms in total. The minimum atomic E-state index is 0. The molecule has 5 heteroatoms. The first-order valence-electron chi connectivity index (χ1n) is 6.40. The summed E-state index contributed by atoms with van der Waals surface area (Å²) in [4.78, 5) is 2.43. The zero-order chi connectivity index (χ0) is 12.5. The molecule has 18 heavy (non-hydrogen) atoms. The fourth-order valence-electron chi connectivity index (χ4n) is 2.65. The number of halogens is 1. The van der Waals surface area contributed by atoms with Crippen LogP contribution >= 0.6 is 12.4 Å². The van der Waals surface area contributed by atoms with Crippen LogP contribution in [0.2, 0.25) is 0 Å². The van der Waals surface area contributed by atoms with Crippen LogP contribution in [0.25, 0.3) is 0 Å². The number of aromatic nitrogens is 2. The van der Waals surface area contributed by atoms with Gasteiger partial charge in [0, 0.05) is 37.9 Å². The van der Waals surface area contributed by atoms with Gasteiger partial charge < -0.3 is 5.32 Å². The van der Waals surface area contributed by atoms with Crippen LogP contribution < -0.4 is 5.32 Å². The van der Waals surface area contributed by atoms with E-state index < -0.39 is 0 Å². The minimum absolute atomic E-state index is 0. The third-order valence-corrected chi connectivity index (χ3v) is 3.96. The maximum atomic E-state index is 4.25. The van der Waals surface area contributed by atoms with E-state index in [1.165, 1.54) is 12.0 Å². The number of nitrogens with zero attached hydrogens (tertiary/aromatic N) is 3. The molecule has 2 atom stereocenters. The molecule has 2 heterocycles. The number of nitrogens with one attached hydrogen (secondary N) is 1. The van der Waals surface area contributed by atoms with E-state index in [0.717, 1.165) is 19.6 Å². The zero-order valence-electron chi connectivity index (χ0n) is 11.8. The summed E-state index contributed by atoms with van der Waals surface area (Å²) >= 11 is 0. The van der Waals surface area contributed by atoms with E-state index in [1.54, 1.807) is 0 Å². The molecular weight excluding hydrogens is 248 g/mol. The van der Waals surface area contributed by atoms with Crippen molar-refractivity contribution in [3.63, 3.8) is 0 Å². The minimum Gasteiger partial charge on any atom is -0.316 e. The molecule has 1 aromatic heterocycles. The van der Waals surface area contributed by atoms with Gasteiger partial charge in [-0.25, -0.2) is 0 Å². The summed E-state index contributed by atoms with van der Waals surface area (Å²) in [6, 6.07) is 0.432. The van der Waals surface area contributed by atoms with Crippen molar-refractivity contribution in [1.29, 1.82) is 0 Å². The van der Waals surface area contributed by atoms with E-state index >= 15 is 0 Å². The molecule has 2 rings (SSSR count). The highest BCUT2D eigenvalue weighted by Gasteiger charge is 2.31. The van der Waals surface area contributed by atoms with E-state index in [9.17, 15) is 0 Å². The van der Waals surface area contributed by atoms with Gasteiger partial charge in [-0.15, -0.1) is 12.4 Å². The van der Waals surface area contributed by atoms with Crippen LogP contribution in [0.4, 0.5) is 0 Å². The maximum Gasteiger partial charge on any atom is 0.0537 e. The van der Waals surface area contributed by atoms with Gasteiger partial charge in [0.25, 0.3) is 0 Å². The number of aryl methyl sites for hydroxylation is 1. The molecule has 0 bridgehead atoms. The summed E-state index contributed by atoms with van der Waals surface area (Å²) in [6.45, 7) is 8.06. The summed E-state index contributed by atoms with van der Waals surface area (Å²) in [5.41, 5.74) is 1.72. The molecular formula is C13H25ClN4. The quantitative estimate of drug-likeness (QED) is 0.908. The smallest absolute Gasteiger partial charge is 0.0537 e. The number of hydrogen-bond donors (Lipinski definition) is 1. The van der Waals surface area contributed by atoms with Crippen molar-refractivity contribution in [2.75, 3.05) is 26.7 Å². The third kappa shape index (κ3) is 3.46. The number of rotatable bonds is 4. The van der Waals surface area contributed by atoms with Crippen LogP contribution in [-0.4, -0.2) is 41.4 Å². The summed E-state index contributed by atoms with van der Waals surface area (Å²) in [6.07, 6.45) is 5.35. The Morgan fingerprint density at radius 3 is 2.83 bits per heavy atom. The number of hydrogen-bond acceptors (Lipinski definition) is 3. The van der Waals surface area contributed by atoms with Gasteiger partial charge in [0.15, 0.2) is 0 Å². The normalized spacial score (nSPS) is 25.2. The monoisotopic (exact) mass is 272 g/mol. The summed E-state index contributed by atoms with van der Waals surface area (Å²) < 4.78 is 1.87. The molecule has 0 spiro atoms. The first kappa shape index (κ1) is 15.5. The highest BCUT2D eigenvalue weighted by Crippen LogP contribution is 2.28. The second-order valence-corrected chi connectivity index (χ2v) is 5.78. The van der Waals surface area contributed by atoms with Gasteiger partial charge in [-0.3, -0.25) is 9.58 Å². The Hall–Kier alpha value is -0.580. The Morgan fingerprint density at radius 1 is 1.61 bits per heavy atom. The first-order valence-corrected chi connectivity index (χ1v) is 6.40. The molecule has 1 fully saturated rings. The van der Waals surface area contributed by atoms with Crippen LogP contribution in [0, 0.1) is 5.41 Å². The lowest BCUT2D eigenvalue weighted by atomic mass is 9.88. The van der Waals surface area contributed by atoms with Crippen LogP contribution in [-0.2, 0) is 7.05 Å². The van der Waals surface area contributed by atoms with Gasteiger partial charge in [0.05, 0.1) is 6.20 Å². The van der Waals surface area contributed by atoms with E-state index in [1.807, 2.05) is 17.9 Å². The van der Waals surface area contributed by atoms with Crippen LogP contribution in [0.1, 0.15) is 31.9 Å². The Bertz CT molecular complexity index is 371. The lowest BCUT2D eigenvalue weighted by molar-refractivity contribution is 0.169. The fraction of sp³-hybridized carbons (Fsp3) is 0.769. The molecule has 1 saturated heterocycles. The van der Waals surface area contributed by atoms with Gasteiger partial charge in [0.2, 0.25) is 0 Å². The largest absolute Gasteiger partial charge is 0.316 e. The molecule has 1 aliphatic heterocycles. The van der Waals surface area contributed by atoms with Crippen LogP contribution in [0.15, 0.2) is 12.4 Å². The van der Waals surface area contributed by atoms with Crippen molar-refractivity contribution in [1.82, 2.24) is 20.0 Å². The van der Waals surface area contributed by atoms with Gasteiger partial charge >= 0.3 is 0 Å². The lowest BCUT2D eigenvalue weighted by Gasteiger charge is -2.32. The van der Waals surface area contributed by atoms with Crippen molar-refractivity contribution in [3.8, 4) is 0 Å². The third-order valence-electron chi connectivity index (χ3n) is 3.96. The molecule has 0 radical (unpaired) electrons. The SMILES string of the molecule is CC(c1cnn(C)c1)N(C)CC1(C)CCNC1.Cl. The van der Waals surface area contributed by atoms with Crippen LogP contribution in [0.5, 0.6) is 0 Å². The first-order chi connectivity index (χ1) is 8.00. The fourth-order valence-corrected chi connectivity index (χ4v) is 2.65. The van der Waals surface area contributed by atoms with Crippen molar-refractivity contribution < 1.29 is 0 Å². The standard InChI is InChI=1S/C13H24N4.ClH/c1-11(12-7-15-17(4)8-12)16(3)10-13(2)5-6-14-9-13;/h7-8,11,14H,5-6,9-10H2,1-4H3;1H. The van der Waals surface area contributed by atoms with Crippen molar-refractivity contribution >= 4 is 12.4 Å². The molecule has 104 valence electrons. The highest BCUT2D eigenvalue weighted by atomic mass is 35.5. The Morgan fingerprint density at radius 2 is 2.33 bits per heavy atom. The van der Waals surface area contributed by atoms with Crippen molar-refractivity contribution in [2.45, 2.75) is 26.3 Å². The zero-order valence-corrected chi connectivity index (χ0v) is 12.6. The second-order valence-electron chi connectivity index (χ2n) is 5.78. The Labute approximate surface area is 116 Å². The summed E-state index contributed by atoms with van der Waals surface area (Å²) in [7, 11) is 4.18. The predicted molar refractivity (Wildman–Crippen MR) is 77.1 cm³/mol. The van der Waals surface area contributed by atoms with Gasteiger partial charge in [-0.2, -0.15) is 5.10 Å². The Balaban J connectivity index is 0.00000162. The Kier molecular flexibility index (Phi) is 5.20. The van der Waals surface area contributed by atoms with Crippen molar-refractivity contribution in [3.05, 3.63) is 18.0 Å². The van der Waals surface area contributed by atoms with E-state index in [4.69, 9.17) is 0 Å². The van der Waals surface area contributed by atoms with Gasteiger partial charge in [-0.1, -0.05) is 6.92 Å². The molecule has 1 aromatic rings. The second kappa shape index (κ2) is 6.04. The molecule has 1 N–H and O–H groups in total. The molecule has 1 aliphatic rings. The summed E-state index contributed by atoms with van der Waals surface area (Å²) in [5.74, 6) is 0. The van der Waals surface area contributed by atoms with E-state index in [0.29, 0.717) is 11.5 Å². The average molecular weight is 273 g/mol. The molecule has 0 aromatic carbocycles. The molecule has 2 unspecified atom stereocenters. The van der Waals surface area contributed by atoms with E-state index in [2.05, 4.69) is 42.4 Å². The topological polar surface area (TPSA) is 33.1 Å². The highest BCUT2D eigenvalue weighted by molar-refractivity contribution is 5.85. The van der Waals surface area contributed by atoms with Gasteiger partial charge in [0.1, 0.15) is 0 Å². The van der Waals surface area contributed by atoms with Crippen molar-refractivity contribution in [2.24, 2.45) is 12.5 Å².